The Hall–Kier alpha value is -2.85. The Morgan fingerprint density at radius 2 is 1.86 bits per heavy atom. The van der Waals surface area contributed by atoms with E-state index in [1.54, 1.807) is 12.1 Å². The minimum absolute atomic E-state index is 0.415. The number of aromatic nitrogens is 2. The molecule has 1 atom stereocenters. The normalized spacial score (nSPS) is 19.2. The van der Waals surface area contributed by atoms with Gasteiger partial charge in [0.05, 0.1) is 15.7 Å². The maximum Gasteiger partial charge on any atom is 0.207 e. The monoisotopic (exact) mass is 515 g/mol. The quantitative estimate of drug-likeness (QED) is 0.419. The summed E-state index contributed by atoms with van der Waals surface area (Å²) in [6.07, 6.45) is 8.84. The molecule has 1 saturated heterocycles. The van der Waals surface area contributed by atoms with E-state index in [2.05, 4.69) is 62.1 Å². The molecule has 186 valence electrons. The molecule has 2 aliphatic heterocycles. The number of hydrogen-bond acceptors (Lipinski definition) is 8. The number of hydrogen-bond donors (Lipinski definition) is 4. The zero-order valence-electron chi connectivity index (χ0n) is 19.9. The van der Waals surface area contributed by atoms with Gasteiger partial charge in [0.25, 0.3) is 0 Å². The zero-order valence-corrected chi connectivity index (χ0v) is 21.4. The Labute approximate surface area is 216 Å². The molecule has 1 aromatic carbocycles. The third kappa shape index (κ3) is 7.08. The molecule has 1 aromatic heterocycles. The van der Waals surface area contributed by atoms with Crippen molar-refractivity contribution >= 4 is 40.9 Å². The first-order chi connectivity index (χ1) is 17.0. The van der Waals surface area contributed by atoms with E-state index in [-0.39, 0.29) is 0 Å². The highest BCUT2D eigenvalue weighted by Crippen LogP contribution is 2.28. The van der Waals surface area contributed by atoms with Crippen molar-refractivity contribution in [1.82, 2.24) is 30.6 Å². The van der Waals surface area contributed by atoms with Gasteiger partial charge in [0, 0.05) is 44.4 Å². The molecule has 0 radical (unpaired) electrons. The van der Waals surface area contributed by atoms with Crippen molar-refractivity contribution in [2.24, 2.45) is 9.98 Å². The molecule has 0 aliphatic carbocycles. The van der Waals surface area contributed by atoms with Crippen molar-refractivity contribution in [1.29, 1.82) is 0 Å². The Kier molecular flexibility index (Phi) is 8.81. The van der Waals surface area contributed by atoms with Gasteiger partial charge in [-0.3, -0.25) is 15.7 Å². The van der Waals surface area contributed by atoms with Crippen LogP contribution in [0, 0.1) is 0 Å². The van der Waals surface area contributed by atoms with Crippen LogP contribution in [0.25, 0.3) is 11.3 Å². The van der Waals surface area contributed by atoms with E-state index in [1.165, 1.54) is 0 Å². The number of allylic oxidation sites excluding steroid dienone is 3. The molecular formula is C24H31Cl2N9. The molecule has 0 spiro atoms. The molecule has 4 rings (SSSR count). The van der Waals surface area contributed by atoms with Gasteiger partial charge in [-0.05, 0) is 25.6 Å². The van der Waals surface area contributed by atoms with Gasteiger partial charge in [0.15, 0.2) is 5.82 Å². The fraction of sp³-hybridized carbons (Fsp3) is 0.375. The lowest BCUT2D eigenvalue weighted by atomic mass is 10.1. The van der Waals surface area contributed by atoms with E-state index in [0.29, 0.717) is 28.4 Å². The molecule has 4 N–H and O–H groups in total. The number of rotatable bonds is 7. The smallest absolute Gasteiger partial charge is 0.207 e. The Morgan fingerprint density at radius 3 is 2.63 bits per heavy atom. The standard InChI is InChI=1S/C24H31Cl2N9/c1-3-4-5-6-7-10-27-22-29-23(31-24(30-22)35-13-11-34(2)12-14-35)28-21-16-20(32-33-21)17-8-9-18(25)19(26)15-17/h4-9,15-16,22,27H,3,10-14H2,1-2H3,(H3,28,29,30,31,32,33). The first-order valence-electron chi connectivity index (χ1n) is 11.7. The Balaban J connectivity index is 1.46. The fourth-order valence-electron chi connectivity index (χ4n) is 3.62. The molecule has 0 bridgehead atoms. The second-order valence-corrected chi connectivity index (χ2v) is 9.13. The highest BCUT2D eigenvalue weighted by atomic mass is 35.5. The maximum atomic E-state index is 6.17. The first kappa shape index (κ1) is 25.2. The van der Waals surface area contributed by atoms with Crippen molar-refractivity contribution in [3.8, 4) is 11.3 Å². The fourth-order valence-corrected chi connectivity index (χ4v) is 3.92. The van der Waals surface area contributed by atoms with Crippen molar-refractivity contribution < 1.29 is 0 Å². The summed E-state index contributed by atoms with van der Waals surface area (Å²) in [5, 5.41) is 18.4. The first-order valence-corrected chi connectivity index (χ1v) is 12.5. The maximum absolute atomic E-state index is 6.17. The minimum atomic E-state index is -0.415. The summed E-state index contributed by atoms with van der Waals surface area (Å²) >= 11 is 12.2. The molecule has 1 fully saturated rings. The zero-order chi connectivity index (χ0) is 24.6. The van der Waals surface area contributed by atoms with E-state index < -0.39 is 6.29 Å². The van der Waals surface area contributed by atoms with E-state index in [9.17, 15) is 0 Å². The van der Waals surface area contributed by atoms with Gasteiger partial charge in [0.2, 0.25) is 18.2 Å². The van der Waals surface area contributed by atoms with Crippen LogP contribution in [0.15, 0.2) is 58.6 Å². The van der Waals surface area contributed by atoms with Crippen LogP contribution in [0.3, 0.4) is 0 Å². The summed E-state index contributed by atoms with van der Waals surface area (Å²) in [4.78, 5) is 14.0. The van der Waals surface area contributed by atoms with E-state index in [0.717, 1.165) is 49.8 Å². The van der Waals surface area contributed by atoms with Gasteiger partial charge in [-0.25, -0.2) is 9.98 Å². The van der Waals surface area contributed by atoms with Gasteiger partial charge in [-0.1, -0.05) is 60.5 Å². The van der Waals surface area contributed by atoms with Gasteiger partial charge < -0.3 is 15.1 Å². The molecule has 0 saturated carbocycles. The second kappa shape index (κ2) is 12.2. The third-order valence-corrected chi connectivity index (χ3v) is 6.36. The summed E-state index contributed by atoms with van der Waals surface area (Å²) in [7, 11) is 2.13. The number of guanidine groups is 2. The van der Waals surface area contributed by atoms with Crippen LogP contribution in [-0.2, 0) is 0 Å². The third-order valence-electron chi connectivity index (χ3n) is 5.62. The predicted molar refractivity (Wildman–Crippen MR) is 145 cm³/mol. The Bertz CT molecular complexity index is 1110. The molecule has 9 nitrogen and oxygen atoms in total. The number of piperazine rings is 1. The molecule has 2 aliphatic rings. The van der Waals surface area contributed by atoms with Gasteiger partial charge >= 0.3 is 0 Å². The van der Waals surface area contributed by atoms with Crippen LogP contribution in [-0.4, -0.2) is 78.0 Å². The molecule has 11 heteroatoms. The number of aliphatic imine (C=N–C) groups is 2. The highest BCUT2D eigenvalue weighted by molar-refractivity contribution is 6.42. The van der Waals surface area contributed by atoms with Gasteiger partial charge in [0.1, 0.15) is 0 Å². The molecule has 1 unspecified atom stereocenters. The molecule has 35 heavy (non-hydrogen) atoms. The van der Waals surface area contributed by atoms with E-state index in [1.807, 2.05) is 24.3 Å². The lowest BCUT2D eigenvalue weighted by molar-refractivity contribution is 0.211. The molecule has 2 aromatic rings. The summed E-state index contributed by atoms with van der Waals surface area (Å²) in [5.41, 5.74) is 1.71. The average Bonchev–Trinajstić information content (AvgIpc) is 3.32. The predicted octanol–water partition coefficient (Wildman–Crippen LogP) is 3.75. The topological polar surface area (TPSA) is 96.0 Å². The van der Waals surface area contributed by atoms with Crippen LogP contribution < -0.4 is 16.0 Å². The van der Waals surface area contributed by atoms with E-state index >= 15 is 0 Å². The van der Waals surface area contributed by atoms with Crippen molar-refractivity contribution in [2.75, 3.05) is 45.1 Å². The van der Waals surface area contributed by atoms with E-state index in [4.69, 9.17) is 33.2 Å². The number of benzene rings is 1. The van der Waals surface area contributed by atoms with Crippen LogP contribution >= 0.6 is 23.2 Å². The number of halogens is 2. The SMILES string of the molecule is CCC=CC=CCNC1N=C(Nc2cc(-c3ccc(Cl)c(Cl)c3)[nH]n2)NC(N2CCN(C)CC2)=N1. The van der Waals surface area contributed by atoms with Gasteiger partial charge in [-0.2, -0.15) is 5.10 Å². The lowest BCUT2D eigenvalue weighted by Crippen LogP contribution is -2.56. The Morgan fingerprint density at radius 1 is 1.06 bits per heavy atom. The summed E-state index contributed by atoms with van der Waals surface area (Å²) in [6, 6.07) is 7.36. The second-order valence-electron chi connectivity index (χ2n) is 8.31. The summed E-state index contributed by atoms with van der Waals surface area (Å²) < 4.78 is 0. The average molecular weight is 516 g/mol. The number of nitrogens with zero attached hydrogens (tertiary/aromatic N) is 5. The molecular weight excluding hydrogens is 485 g/mol. The number of H-pyrrole nitrogens is 1. The largest absolute Gasteiger partial charge is 0.340 e. The number of aromatic amines is 1. The lowest BCUT2D eigenvalue weighted by Gasteiger charge is -2.36. The van der Waals surface area contributed by atoms with Gasteiger partial charge in [-0.15, -0.1) is 0 Å². The number of anilines is 1. The number of likely N-dealkylation sites (N-methyl/N-ethyl adjacent to an activating group) is 1. The summed E-state index contributed by atoms with van der Waals surface area (Å²) in [6.45, 7) is 6.53. The minimum Gasteiger partial charge on any atom is -0.340 e. The summed E-state index contributed by atoms with van der Waals surface area (Å²) in [5.74, 6) is 2.00. The van der Waals surface area contributed by atoms with Crippen LogP contribution in [0.1, 0.15) is 13.3 Å². The van der Waals surface area contributed by atoms with Crippen LogP contribution in [0.5, 0.6) is 0 Å². The number of nitrogens with one attached hydrogen (secondary N) is 4. The van der Waals surface area contributed by atoms with Crippen molar-refractivity contribution in [2.45, 2.75) is 19.6 Å². The molecule has 0 amide bonds. The van der Waals surface area contributed by atoms with Crippen LogP contribution in [0.2, 0.25) is 10.0 Å². The van der Waals surface area contributed by atoms with Crippen molar-refractivity contribution in [3.05, 3.63) is 58.6 Å². The van der Waals surface area contributed by atoms with Crippen molar-refractivity contribution in [3.63, 3.8) is 0 Å². The molecule has 3 heterocycles. The van der Waals surface area contributed by atoms with Crippen LogP contribution in [0.4, 0.5) is 5.82 Å². The highest BCUT2D eigenvalue weighted by Gasteiger charge is 2.24.